The van der Waals surface area contributed by atoms with Crippen LogP contribution in [0.15, 0.2) is 42.5 Å². The second kappa shape index (κ2) is 22.1. The van der Waals surface area contributed by atoms with Crippen molar-refractivity contribution < 1.29 is 43.2 Å². The SMILES string of the molecule is CC(=O)Oc1cc(C=Cc2ccc(C3Cc4c(C)c(OC(=O)CCC(=O)O)c(C)c(C)c4OC3(C)CCCC(C)CCCC(C)CCCC(C)C)cc2)cc(OC(C)=O)c1. The maximum atomic E-state index is 12.8. The summed E-state index contributed by atoms with van der Waals surface area (Å²) in [5.41, 5.74) is 5.84. The van der Waals surface area contributed by atoms with E-state index in [1.807, 2.05) is 32.9 Å². The van der Waals surface area contributed by atoms with Gasteiger partial charge < -0.3 is 24.1 Å². The van der Waals surface area contributed by atoms with E-state index in [-0.39, 0.29) is 30.3 Å². The molecule has 0 saturated heterocycles. The first-order chi connectivity index (χ1) is 28.3. The molecule has 3 aromatic rings. The summed E-state index contributed by atoms with van der Waals surface area (Å²) in [5, 5.41) is 9.13. The summed E-state index contributed by atoms with van der Waals surface area (Å²) < 4.78 is 23.6. The van der Waals surface area contributed by atoms with Crippen LogP contribution in [0, 0.1) is 38.5 Å². The van der Waals surface area contributed by atoms with Gasteiger partial charge in [-0.15, -0.1) is 0 Å². The standard InChI is InChI=1S/C51H68O9/c1-32(2)14-11-15-33(3)16-12-17-34(4)18-13-27-51(10)46(31-45-37(7)49(35(5)36(6)50(45)60-51)59-48(56)26-25-47(54)55)42-23-21-40(22-24-42)19-20-41-28-43(57-38(8)52)30-44(29-41)58-39(9)53/h19-24,28-30,32-34,46H,11-18,25-27,31H2,1-10H3,(H,54,55). The van der Waals surface area contributed by atoms with E-state index in [2.05, 4.69) is 58.9 Å². The molecule has 1 N–H and O–H groups in total. The number of hydrogen-bond donors (Lipinski definition) is 1. The molecular weight excluding hydrogens is 757 g/mol. The minimum atomic E-state index is -1.04. The number of carbonyl (C=O) groups is 4. The monoisotopic (exact) mass is 824 g/mol. The largest absolute Gasteiger partial charge is 0.486 e. The molecule has 1 aliphatic heterocycles. The average molecular weight is 825 g/mol. The van der Waals surface area contributed by atoms with E-state index < -0.39 is 29.5 Å². The minimum absolute atomic E-state index is 0.00640. The van der Waals surface area contributed by atoms with Crippen molar-refractivity contribution in [1.82, 2.24) is 0 Å². The average Bonchev–Trinajstić information content (AvgIpc) is 3.16. The highest BCUT2D eigenvalue weighted by Crippen LogP contribution is 2.50. The molecule has 0 amide bonds. The zero-order valence-corrected chi connectivity index (χ0v) is 37.7. The smallest absolute Gasteiger partial charge is 0.311 e. The van der Waals surface area contributed by atoms with Gasteiger partial charge in [0.25, 0.3) is 0 Å². The van der Waals surface area contributed by atoms with Gasteiger partial charge in [-0.3, -0.25) is 19.2 Å². The predicted octanol–water partition coefficient (Wildman–Crippen LogP) is 12.3. The van der Waals surface area contributed by atoms with Crippen LogP contribution in [-0.4, -0.2) is 34.6 Å². The van der Waals surface area contributed by atoms with Gasteiger partial charge in [0.1, 0.15) is 28.6 Å². The van der Waals surface area contributed by atoms with Crippen LogP contribution in [0.3, 0.4) is 0 Å². The number of esters is 3. The second-order valence-electron chi connectivity index (χ2n) is 17.8. The summed E-state index contributed by atoms with van der Waals surface area (Å²) in [6.07, 6.45) is 14.8. The lowest BCUT2D eigenvalue weighted by Crippen LogP contribution is -2.44. The third-order valence-electron chi connectivity index (χ3n) is 12.0. The van der Waals surface area contributed by atoms with Crippen LogP contribution in [0.2, 0.25) is 0 Å². The topological polar surface area (TPSA) is 125 Å². The number of ether oxygens (including phenoxy) is 4. The molecule has 4 atom stereocenters. The van der Waals surface area contributed by atoms with Crippen LogP contribution < -0.4 is 18.9 Å². The first kappa shape index (κ1) is 47.8. The Morgan fingerprint density at radius 1 is 0.733 bits per heavy atom. The summed E-state index contributed by atoms with van der Waals surface area (Å²) in [4.78, 5) is 47.2. The van der Waals surface area contributed by atoms with E-state index in [0.717, 1.165) is 70.2 Å². The van der Waals surface area contributed by atoms with E-state index in [1.165, 1.54) is 58.4 Å². The van der Waals surface area contributed by atoms with Crippen molar-refractivity contribution in [2.45, 2.75) is 158 Å². The lowest BCUT2D eigenvalue weighted by atomic mass is 9.72. The number of hydrogen-bond acceptors (Lipinski definition) is 8. The Hall–Kier alpha value is -4.92. The Labute approximate surface area is 358 Å². The van der Waals surface area contributed by atoms with Crippen LogP contribution in [0.5, 0.6) is 23.0 Å². The molecule has 326 valence electrons. The number of carboxylic acids is 1. The molecule has 0 aliphatic carbocycles. The summed E-state index contributed by atoms with van der Waals surface area (Å²) in [6.45, 7) is 20.2. The van der Waals surface area contributed by atoms with Crippen molar-refractivity contribution >= 4 is 36.0 Å². The van der Waals surface area contributed by atoms with Crippen molar-refractivity contribution in [1.29, 1.82) is 0 Å². The van der Waals surface area contributed by atoms with Gasteiger partial charge >= 0.3 is 23.9 Å². The number of benzene rings is 3. The quantitative estimate of drug-likeness (QED) is 0.0635. The number of carboxylic acid groups (broad SMARTS) is 1. The zero-order chi connectivity index (χ0) is 44.1. The molecule has 0 radical (unpaired) electrons. The molecule has 0 bridgehead atoms. The van der Waals surface area contributed by atoms with E-state index >= 15 is 0 Å². The van der Waals surface area contributed by atoms with Crippen molar-refractivity contribution in [2.75, 3.05) is 0 Å². The normalized spacial score (nSPS) is 17.1. The minimum Gasteiger partial charge on any atom is -0.486 e. The van der Waals surface area contributed by atoms with E-state index in [0.29, 0.717) is 23.7 Å². The molecule has 3 aromatic carbocycles. The Morgan fingerprint density at radius 2 is 1.28 bits per heavy atom. The van der Waals surface area contributed by atoms with Crippen LogP contribution in [0.4, 0.5) is 0 Å². The molecule has 0 fully saturated rings. The molecule has 1 aliphatic rings. The zero-order valence-electron chi connectivity index (χ0n) is 37.7. The summed E-state index contributed by atoms with van der Waals surface area (Å²) in [7, 11) is 0. The Morgan fingerprint density at radius 3 is 1.83 bits per heavy atom. The number of carbonyl (C=O) groups excluding carboxylic acids is 3. The predicted molar refractivity (Wildman–Crippen MR) is 238 cm³/mol. The highest BCUT2D eigenvalue weighted by molar-refractivity contribution is 5.79. The van der Waals surface area contributed by atoms with Crippen molar-refractivity contribution in [3.8, 4) is 23.0 Å². The van der Waals surface area contributed by atoms with Gasteiger partial charge in [0.2, 0.25) is 0 Å². The molecule has 0 aromatic heterocycles. The lowest BCUT2D eigenvalue weighted by Gasteiger charge is -2.45. The number of fused-ring (bicyclic) bond motifs is 1. The number of aliphatic carboxylic acids is 1. The fourth-order valence-corrected chi connectivity index (χ4v) is 8.44. The summed E-state index contributed by atoms with van der Waals surface area (Å²) in [5.74, 6) is 1.49. The van der Waals surface area contributed by atoms with Gasteiger partial charge in [0.15, 0.2) is 0 Å². The number of rotatable bonds is 21. The van der Waals surface area contributed by atoms with E-state index in [9.17, 15) is 19.2 Å². The van der Waals surface area contributed by atoms with Gasteiger partial charge in [-0.25, -0.2) is 0 Å². The molecule has 4 unspecified atom stereocenters. The first-order valence-corrected chi connectivity index (χ1v) is 21.9. The van der Waals surface area contributed by atoms with Gasteiger partial charge in [0.05, 0.1) is 12.8 Å². The van der Waals surface area contributed by atoms with Crippen LogP contribution in [-0.2, 0) is 25.6 Å². The van der Waals surface area contributed by atoms with Gasteiger partial charge in [0, 0.05) is 31.4 Å². The van der Waals surface area contributed by atoms with Crippen LogP contribution in [0.25, 0.3) is 12.2 Å². The first-order valence-electron chi connectivity index (χ1n) is 21.9. The van der Waals surface area contributed by atoms with Crippen molar-refractivity contribution in [3.63, 3.8) is 0 Å². The second-order valence-corrected chi connectivity index (χ2v) is 17.8. The van der Waals surface area contributed by atoms with E-state index in [1.54, 1.807) is 12.1 Å². The molecule has 9 heteroatoms. The molecule has 0 spiro atoms. The highest BCUT2D eigenvalue weighted by atomic mass is 16.5. The molecule has 1 heterocycles. The fraction of sp³-hybridized carbons (Fsp3) is 0.529. The van der Waals surface area contributed by atoms with Gasteiger partial charge in [-0.2, -0.15) is 0 Å². The van der Waals surface area contributed by atoms with Crippen LogP contribution in [0.1, 0.15) is 164 Å². The molecule has 4 rings (SSSR count). The maximum absolute atomic E-state index is 12.8. The lowest BCUT2D eigenvalue weighted by molar-refractivity contribution is -0.142. The molecule has 9 nitrogen and oxygen atoms in total. The third-order valence-corrected chi connectivity index (χ3v) is 12.0. The Kier molecular flexibility index (Phi) is 17.6. The van der Waals surface area contributed by atoms with Crippen molar-refractivity contribution in [3.05, 3.63) is 81.4 Å². The maximum Gasteiger partial charge on any atom is 0.311 e. The Balaban J connectivity index is 1.58. The highest BCUT2D eigenvalue weighted by Gasteiger charge is 2.43. The molecular formula is C51H68O9. The Bertz CT molecular complexity index is 1960. The van der Waals surface area contributed by atoms with Crippen molar-refractivity contribution in [2.24, 2.45) is 17.8 Å². The van der Waals surface area contributed by atoms with Gasteiger partial charge in [-0.1, -0.05) is 109 Å². The third kappa shape index (κ3) is 14.1. The van der Waals surface area contributed by atoms with Gasteiger partial charge in [-0.05, 0) is 110 Å². The summed E-state index contributed by atoms with van der Waals surface area (Å²) in [6, 6.07) is 13.3. The summed E-state index contributed by atoms with van der Waals surface area (Å²) >= 11 is 0. The van der Waals surface area contributed by atoms with E-state index in [4.69, 9.17) is 24.1 Å². The fourth-order valence-electron chi connectivity index (χ4n) is 8.44. The molecule has 60 heavy (non-hydrogen) atoms. The van der Waals surface area contributed by atoms with Crippen LogP contribution >= 0.6 is 0 Å². The molecule has 0 saturated carbocycles.